The molecule has 1 saturated heterocycles. The van der Waals surface area contributed by atoms with Crippen molar-refractivity contribution in [2.24, 2.45) is 0 Å². The Kier molecular flexibility index (Phi) is 10.1. The maximum absolute atomic E-state index is 12.2. The number of amides is 2. The molecule has 45 heavy (non-hydrogen) atoms. The van der Waals surface area contributed by atoms with Gasteiger partial charge in [0.1, 0.15) is 27.4 Å². The number of nitrogens with one attached hydrogen (secondary N) is 3. The van der Waals surface area contributed by atoms with Crippen molar-refractivity contribution in [3.63, 3.8) is 0 Å². The topological polar surface area (TPSA) is 125 Å². The van der Waals surface area contributed by atoms with Crippen LogP contribution in [0.1, 0.15) is 24.8 Å². The smallest absolute Gasteiger partial charge is 0.323 e. The Morgan fingerprint density at radius 3 is 2.42 bits per heavy atom. The van der Waals surface area contributed by atoms with Crippen LogP contribution in [0.25, 0.3) is 20.9 Å². The highest BCUT2D eigenvalue weighted by Gasteiger charge is 2.16. The van der Waals surface area contributed by atoms with Crippen LogP contribution < -0.4 is 20.7 Å². The molecule has 0 radical (unpaired) electrons. The van der Waals surface area contributed by atoms with Gasteiger partial charge in [-0.1, -0.05) is 41.7 Å². The molecule has 2 amide bonds. The number of fused-ring (bicyclic) bond motifs is 1. The maximum Gasteiger partial charge on any atom is 0.323 e. The third-order valence-electron chi connectivity index (χ3n) is 7.69. The van der Waals surface area contributed by atoms with Gasteiger partial charge in [0.2, 0.25) is 0 Å². The summed E-state index contributed by atoms with van der Waals surface area (Å²) >= 11 is 1.54. The van der Waals surface area contributed by atoms with E-state index >= 15 is 0 Å². The Bertz CT molecular complexity index is 1670. The van der Waals surface area contributed by atoms with Gasteiger partial charge in [-0.2, -0.15) is 0 Å². The molecule has 1 fully saturated rings. The summed E-state index contributed by atoms with van der Waals surface area (Å²) in [4.78, 5) is 29.2. The van der Waals surface area contributed by atoms with Gasteiger partial charge < -0.3 is 30.7 Å². The number of rotatable bonds is 12. The molecule has 232 valence electrons. The van der Waals surface area contributed by atoms with Gasteiger partial charge in [0.15, 0.2) is 5.82 Å². The highest BCUT2D eigenvalue weighted by Crippen LogP contribution is 2.32. The van der Waals surface area contributed by atoms with Crippen molar-refractivity contribution in [1.82, 2.24) is 19.9 Å². The zero-order valence-corrected chi connectivity index (χ0v) is 25.8. The predicted molar refractivity (Wildman–Crippen MR) is 180 cm³/mol. The summed E-state index contributed by atoms with van der Waals surface area (Å²) in [7, 11) is 0. The first kappa shape index (κ1) is 30.4. The van der Waals surface area contributed by atoms with Gasteiger partial charge in [-0.15, -0.1) is 0 Å². The van der Waals surface area contributed by atoms with Crippen LogP contribution in [0.15, 0.2) is 85.2 Å². The monoisotopic (exact) mass is 623 g/mol. The standard InChI is InChI=1S/C34H37N7O3S/c42-28-16-20-41(21-17-28)19-4-22-44-29-13-9-25(10-14-29)32-40-30-31(36-23-37-33(30)45-32)35-18-15-24-7-11-27(12-8-24)39-34(43)38-26-5-2-1-3-6-26/h1-3,5-14,23,28,42H,4,15-22H2,(H,35,36,37)(H2,38,39,43). The Morgan fingerprint density at radius 1 is 0.933 bits per heavy atom. The lowest BCUT2D eigenvalue weighted by Crippen LogP contribution is -2.36. The van der Waals surface area contributed by atoms with E-state index < -0.39 is 0 Å². The molecule has 3 aromatic carbocycles. The third kappa shape index (κ3) is 8.53. The number of anilines is 3. The van der Waals surface area contributed by atoms with Crippen molar-refractivity contribution < 1.29 is 14.6 Å². The molecule has 0 spiro atoms. The van der Waals surface area contributed by atoms with Gasteiger partial charge in [-0.3, -0.25) is 0 Å². The number of hydrogen-bond donors (Lipinski definition) is 4. The Labute approximate surface area is 266 Å². The number of nitrogens with zero attached hydrogens (tertiary/aromatic N) is 4. The van der Waals surface area contributed by atoms with Crippen LogP contribution in [0.2, 0.25) is 0 Å². The van der Waals surface area contributed by atoms with E-state index in [0.29, 0.717) is 19.0 Å². The lowest BCUT2D eigenvalue weighted by atomic mass is 10.1. The lowest BCUT2D eigenvalue weighted by Gasteiger charge is -2.29. The summed E-state index contributed by atoms with van der Waals surface area (Å²) in [6.45, 7) is 4.25. The zero-order chi connectivity index (χ0) is 30.8. The first-order chi connectivity index (χ1) is 22.1. The van der Waals surface area contributed by atoms with Gasteiger partial charge in [-0.25, -0.2) is 19.7 Å². The lowest BCUT2D eigenvalue weighted by molar-refractivity contribution is 0.0800. The second-order valence-electron chi connectivity index (χ2n) is 11.0. The largest absolute Gasteiger partial charge is 0.494 e. The molecule has 0 aliphatic carbocycles. The van der Waals surface area contributed by atoms with Crippen molar-refractivity contribution in [2.75, 3.05) is 48.7 Å². The normalized spacial score (nSPS) is 13.9. The van der Waals surface area contributed by atoms with Crippen molar-refractivity contribution in [3.8, 4) is 16.3 Å². The SMILES string of the molecule is O=C(Nc1ccccc1)Nc1ccc(CCNc2ncnc3sc(-c4ccc(OCCCN5CCC(O)CC5)cc4)nc23)cc1. The molecule has 0 unspecified atom stereocenters. The van der Waals surface area contributed by atoms with Gasteiger partial charge in [0.05, 0.1) is 12.7 Å². The number of benzene rings is 3. The van der Waals surface area contributed by atoms with Crippen molar-refractivity contribution >= 4 is 44.9 Å². The Hall–Kier alpha value is -4.58. The summed E-state index contributed by atoms with van der Waals surface area (Å²) in [5.41, 5.74) is 4.36. The van der Waals surface area contributed by atoms with Crippen LogP contribution in [0.4, 0.5) is 22.0 Å². The van der Waals surface area contributed by atoms with Crippen molar-refractivity contribution in [1.29, 1.82) is 0 Å². The summed E-state index contributed by atoms with van der Waals surface area (Å²) in [6, 6.07) is 24.9. The molecule has 1 aliphatic heterocycles. The number of piperidine rings is 1. The number of urea groups is 1. The number of aromatic nitrogens is 3. The summed E-state index contributed by atoms with van der Waals surface area (Å²) in [5, 5.41) is 19.6. The fourth-order valence-corrected chi connectivity index (χ4v) is 6.13. The highest BCUT2D eigenvalue weighted by molar-refractivity contribution is 7.21. The van der Waals surface area contributed by atoms with Crippen molar-refractivity contribution in [3.05, 3.63) is 90.8 Å². The number of carbonyl (C=O) groups excluding carboxylic acids is 1. The molecule has 3 heterocycles. The zero-order valence-electron chi connectivity index (χ0n) is 25.0. The highest BCUT2D eigenvalue weighted by atomic mass is 32.1. The number of carbonyl (C=O) groups is 1. The van der Waals surface area contributed by atoms with Gasteiger partial charge in [0.25, 0.3) is 0 Å². The molecule has 0 bridgehead atoms. The van der Waals surface area contributed by atoms with Crippen LogP contribution in [-0.2, 0) is 6.42 Å². The van der Waals surface area contributed by atoms with Crippen LogP contribution in [0, 0.1) is 0 Å². The number of aliphatic hydroxyl groups excluding tert-OH is 1. The molecule has 2 aromatic heterocycles. The van der Waals surface area contributed by atoms with E-state index in [2.05, 4.69) is 30.8 Å². The van der Waals surface area contributed by atoms with E-state index in [4.69, 9.17) is 9.72 Å². The average Bonchev–Trinajstić information content (AvgIpc) is 3.51. The average molecular weight is 624 g/mol. The minimum Gasteiger partial charge on any atom is -0.494 e. The number of thiazole rings is 1. The number of likely N-dealkylation sites (tertiary alicyclic amines) is 1. The van der Waals surface area contributed by atoms with Crippen LogP contribution in [-0.4, -0.2) is 69.9 Å². The summed E-state index contributed by atoms with van der Waals surface area (Å²) in [6.07, 6.45) is 4.90. The quantitative estimate of drug-likeness (QED) is 0.120. The van der Waals surface area contributed by atoms with E-state index in [9.17, 15) is 9.90 Å². The molecule has 0 atom stereocenters. The number of ether oxygens (including phenoxy) is 1. The first-order valence-corrected chi connectivity index (χ1v) is 16.1. The van der Waals surface area contributed by atoms with E-state index in [0.717, 1.165) is 88.9 Å². The van der Waals surface area contributed by atoms with E-state index in [1.165, 1.54) is 11.3 Å². The number of hydrogen-bond acceptors (Lipinski definition) is 9. The molecular weight excluding hydrogens is 586 g/mol. The molecule has 0 saturated carbocycles. The molecule has 10 nitrogen and oxygen atoms in total. The van der Waals surface area contributed by atoms with Crippen LogP contribution in [0.3, 0.4) is 0 Å². The number of para-hydroxylation sites is 1. The van der Waals surface area contributed by atoms with Gasteiger partial charge in [0, 0.05) is 43.1 Å². The fourth-order valence-electron chi connectivity index (χ4n) is 5.22. The summed E-state index contributed by atoms with van der Waals surface area (Å²) < 4.78 is 5.97. The second kappa shape index (κ2) is 14.9. The van der Waals surface area contributed by atoms with E-state index in [-0.39, 0.29) is 12.1 Å². The van der Waals surface area contributed by atoms with Gasteiger partial charge >= 0.3 is 6.03 Å². The molecule has 6 rings (SSSR count). The Morgan fingerprint density at radius 2 is 1.67 bits per heavy atom. The number of aliphatic hydroxyl groups is 1. The summed E-state index contributed by atoms with van der Waals surface area (Å²) in [5.74, 6) is 1.55. The van der Waals surface area contributed by atoms with Crippen LogP contribution in [0.5, 0.6) is 5.75 Å². The Balaban J connectivity index is 0.975. The minimum atomic E-state index is -0.280. The predicted octanol–water partition coefficient (Wildman–Crippen LogP) is 6.28. The second-order valence-corrected chi connectivity index (χ2v) is 12.0. The first-order valence-electron chi connectivity index (χ1n) is 15.3. The maximum atomic E-state index is 12.2. The van der Waals surface area contributed by atoms with Crippen molar-refractivity contribution in [2.45, 2.75) is 31.8 Å². The third-order valence-corrected chi connectivity index (χ3v) is 8.70. The molecule has 5 aromatic rings. The van der Waals surface area contributed by atoms with Gasteiger partial charge in [-0.05, 0) is 79.8 Å². The minimum absolute atomic E-state index is 0.136. The fraction of sp³-hybridized carbons (Fsp3) is 0.294. The van der Waals surface area contributed by atoms with Crippen LogP contribution >= 0.6 is 11.3 Å². The van der Waals surface area contributed by atoms with E-state index in [1.807, 2.05) is 78.9 Å². The van der Waals surface area contributed by atoms with E-state index in [1.54, 1.807) is 6.33 Å². The molecule has 4 N–H and O–H groups in total. The molecular formula is C34H37N7O3S. The molecule has 11 heteroatoms. The molecule has 1 aliphatic rings.